The van der Waals surface area contributed by atoms with Crippen molar-refractivity contribution in [3.8, 4) is 0 Å². The summed E-state index contributed by atoms with van der Waals surface area (Å²) in [6, 6.07) is 13.1. The second kappa shape index (κ2) is 8.24. The molecule has 0 radical (unpaired) electrons. The highest BCUT2D eigenvalue weighted by molar-refractivity contribution is 6.10. The Morgan fingerprint density at radius 3 is 2.79 bits per heavy atom. The number of hydrogen-bond acceptors (Lipinski definition) is 1. The van der Waals surface area contributed by atoms with Crippen LogP contribution in [0.2, 0.25) is 0 Å². The minimum atomic E-state index is 0.954. The highest BCUT2D eigenvalue weighted by atomic mass is 14.9. The van der Waals surface area contributed by atoms with Crippen LogP contribution in [0.5, 0.6) is 0 Å². The van der Waals surface area contributed by atoms with Crippen molar-refractivity contribution in [1.82, 2.24) is 4.57 Å². The van der Waals surface area contributed by atoms with Crippen LogP contribution in [0.4, 0.5) is 5.69 Å². The molecule has 2 aromatic carbocycles. The Balaban J connectivity index is 1.90. The predicted octanol–water partition coefficient (Wildman–Crippen LogP) is 7.29. The summed E-state index contributed by atoms with van der Waals surface area (Å²) in [4.78, 5) is 0. The van der Waals surface area contributed by atoms with Crippen LogP contribution in [0, 0.1) is 0 Å². The number of benzene rings is 2. The number of rotatable bonds is 5. The van der Waals surface area contributed by atoms with Crippen LogP contribution < -0.4 is 5.32 Å². The Morgan fingerprint density at radius 1 is 1.07 bits per heavy atom. The Bertz CT molecular complexity index is 1230. The van der Waals surface area contributed by atoms with E-state index >= 15 is 0 Å². The van der Waals surface area contributed by atoms with Crippen molar-refractivity contribution in [3.05, 3.63) is 109 Å². The molecule has 29 heavy (non-hydrogen) atoms. The average Bonchev–Trinajstić information content (AvgIpc) is 2.89. The molecule has 0 saturated heterocycles. The minimum Gasteiger partial charge on any atom is -0.355 e. The molecule has 4 rings (SSSR count). The fraction of sp³-hybridized carbons (Fsp3) is 0.111. The second-order valence-corrected chi connectivity index (χ2v) is 7.21. The van der Waals surface area contributed by atoms with Gasteiger partial charge in [0.05, 0.1) is 5.52 Å². The molecule has 0 unspecified atom stereocenters. The van der Waals surface area contributed by atoms with E-state index < -0.39 is 0 Å². The van der Waals surface area contributed by atoms with Crippen LogP contribution in [0.25, 0.3) is 27.4 Å². The Morgan fingerprint density at radius 2 is 1.93 bits per heavy atom. The predicted molar refractivity (Wildman–Crippen MR) is 128 cm³/mol. The minimum absolute atomic E-state index is 0.954. The lowest BCUT2D eigenvalue weighted by Gasteiger charge is -2.14. The first-order valence-electron chi connectivity index (χ1n) is 9.99. The molecule has 1 aliphatic rings. The molecule has 144 valence electrons. The third kappa shape index (κ3) is 3.74. The van der Waals surface area contributed by atoms with Gasteiger partial charge < -0.3 is 9.88 Å². The van der Waals surface area contributed by atoms with Crippen LogP contribution in [0.1, 0.15) is 18.9 Å². The maximum Gasteiger partial charge on any atom is 0.0510 e. The summed E-state index contributed by atoms with van der Waals surface area (Å²) in [7, 11) is 2.13. The molecule has 1 aliphatic carbocycles. The van der Waals surface area contributed by atoms with E-state index in [1.807, 2.05) is 25.2 Å². The van der Waals surface area contributed by atoms with Crippen molar-refractivity contribution in [2.75, 3.05) is 5.32 Å². The largest absolute Gasteiger partial charge is 0.355 e. The van der Waals surface area contributed by atoms with Gasteiger partial charge in [-0.3, -0.25) is 0 Å². The van der Waals surface area contributed by atoms with Crippen LogP contribution in [-0.2, 0) is 7.05 Å². The highest BCUT2D eigenvalue weighted by Gasteiger charge is 2.13. The van der Waals surface area contributed by atoms with Gasteiger partial charge >= 0.3 is 0 Å². The highest BCUT2D eigenvalue weighted by Crippen LogP contribution is 2.35. The van der Waals surface area contributed by atoms with Crippen LogP contribution in [-0.4, -0.2) is 4.57 Å². The normalized spacial score (nSPS) is 14.2. The van der Waals surface area contributed by atoms with Crippen molar-refractivity contribution in [2.24, 2.45) is 7.05 Å². The molecule has 2 nitrogen and oxygen atoms in total. The van der Waals surface area contributed by atoms with Crippen LogP contribution in [0.3, 0.4) is 0 Å². The van der Waals surface area contributed by atoms with Crippen molar-refractivity contribution in [3.63, 3.8) is 0 Å². The van der Waals surface area contributed by atoms with Gasteiger partial charge in [-0.15, -0.1) is 0 Å². The molecule has 0 fully saturated rings. The molecule has 1 aromatic heterocycles. The zero-order valence-electron chi connectivity index (χ0n) is 17.0. The zero-order chi connectivity index (χ0) is 20.2. The van der Waals surface area contributed by atoms with Crippen molar-refractivity contribution >= 4 is 33.1 Å². The Labute approximate surface area is 172 Å². The number of allylic oxidation sites excluding steroid dienone is 10. The maximum atomic E-state index is 4.34. The molecule has 0 spiro atoms. The smallest absolute Gasteiger partial charge is 0.0510 e. The molecule has 0 atom stereocenters. The quantitative estimate of drug-likeness (QED) is 0.461. The van der Waals surface area contributed by atoms with Gasteiger partial charge in [0, 0.05) is 40.3 Å². The number of hydrogen-bond donors (Lipinski definition) is 1. The number of aromatic nitrogens is 1. The van der Waals surface area contributed by atoms with Gasteiger partial charge in [-0.25, -0.2) is 0 Å². The molecular formula is C27H26N2. The topological polar surface area (TPSA) is 17.0 Å². The first kappa shape index (κ1) is 18.8. The summed E-state index contributed by atoms with van der Waals surface area (Å²) in [5.41, 5.74) is 6.66. The van der Waals surface area contributed by atoms with Crippen molar-refractivity contribution in [2.45, 2.75) is 13.3 Å². The fourth-order valence-electron chi connectivity index (χ4n) is 3.77. The number of aryl methyl sites for hydroxylation is 1. The summed E-state index contributed by atoms with van der Waals surface area (Å²) >= 11 is 0. The van der Waals surface area contributed by atoms with E-state index in [9.17, 15) is 0 Å². The third-order valence-electron chi connectivity index (χ3n) is 5.26. The SMILES string of the molecule is C=C(/C=C\C=C/C)c1cc2c3ccccc3n(C)c2cc1NC1=CC=CCC=C1. The molecule has 0 aliphatic heterocycles. The average molecular weight is 379 g/mol. The van der Waals surface area contributed by atoms with E-state index in [0.717, 1.165) is 28.9 Å². The number of anilines is 1. The molecule has 0 amide bonds. The summed E-state index contributed by atoms with van der Waals surface area (Å²) in [6.07, 6.45) is 19.7. The molecule has 0 saturated carbocycles. The van der Waals surface area contributed by atoms with Gasteiger partial charge in [-0.1, -0.05) is 67.3 Å². The van der Waals surface area contributed by atoms with Gasteiger partial charge in [0.25, 0.3) is 0 Å². The van der Waals surface area contributed by atoms with Crippen LogP contribution in [0.15, 0.2) is 103 Å². The van der Waals surface area contributed by atoms with Gasteiger partial charge in [0.1, 0.15) is 0 Å². The molecule has 3 aromatic rings. The standard InChI is InChI=1S/C27H26N2/c1-4-5-8-13-20(2)23-18-24-22-16-11-12-17-26(22)29(3)27(24)19-25(23)28-21-14-9-6-7-10-15-21/h4-6,8-19,28H,2,7H2,1,3H3/b5-4-,13-8-. The summed E-state index contributed by atoms with van der Waals surface area (Å²) in [5.74, 6) is 0. The van der Waals surface area contributed by atoms with E-state index in [4.69, 9.17) is 0 Å². The monoisotopic (exact) mass is 378 g/mol. The number of fused-ring (bicyclic) bond motifs is 3. The summed E-state index contributed by atoms with van der Waals surface area (Å²) < 4.78 is 2.26. The maximum absolute atomic E-state index is 4.34. The molecule has 1 N–H and O–H groups in total. The molecular weight excluding hydrogens is 352 g/mol. The van der Waals surface area contributed by atoms with E-state index in [0.29, 0.717) is 0 Å². The molecule has 2 heteroatoms. The van der Waals surface area contributed by atoms with E-state index in [1.165, 1.54) is 21.8 Å². The number of para-hydroxylation sites is 1. The van der Waals surface area contributed by atoms with E-state index in [-0.39, 0.29) is 0 Å². The lowest BCUT2D eigenvalue weighted by molar-refractivity contribution is 1.01. The lowest BCUT2D eigenvalue weighted by Crippen LogP contribution is -2.00. The molecule has 0 bridgehead atoms. The zero-order valence-corrected chi connectivity index (χ0v) is 17.0. The third-order valence-corrected chi connectivity index (χ3v) is 5.26. The lowest BCUT2D eigenvalue weighted by atomic mass is 10.0. The van der Waals surface area contributed by atoms with Crippen molar-refractivity contribution in [1.29, 1.82) is 0 Å². The van der Waals surface area contributed by atoms with E-state index in [2.05, 4.69) is 96.4 Å². The number of nitrogens with zero attached hydrogens (tertiary/aromatic N) is 1. The Kier molecular flexibility index (Phi) is 5.35. The summed E-state index contributed by atoms with van der Waals surface area (Å²) in [5, 5.41) is 6.13. The summed E-state index contributed by atoms with van der Waals surface area (Å²) in [6.45, 7) is 6.36. The van der Waals surface area contributed by atoms with Gasteiger partial charge in [-0.05, 0) is 49.3 Å². The van der Waals surface area contributed by atoms with Crippen molar-refractivity contribution < 1.29 is 0 Å². The van der Waals surface area contributed by atoms with Gasteiger partial charge in [0.2, 0.25) is 0 Å². The molecule has 1 heterocycles. The van der Waals surface area contributed by atoms with Gasteiger partial charge in [-0.2, -0.15) is 0 Å². The van der Waals surface area contributed by atoms with Crippen LogP contribution >= 0.6 is 0 Å². The Hall–Kier alpha value is -3.52. The van der Waals surface area contributed by atoms with E-state index in [1.54, 1.807) is 0 Å². The first-order chi connectivity index (χ1) is 14.2. The first-order valence-corrected chi connectivity index (χ1v) is 9.99. The fourth-order valence-corrected chi connectivity index (χ4v) is 3.77. The number of nitrogens with one attached hydrogen (secondary N) is 1. The van der Waals surface area contributed by atoms with Gasteiger partial charge in [0.15, 0.2) is 0 Å². The second-order valence-electron chi connectivity index (χ2n) is 7.21.